The van der Waals surface area contributed by atoms with Gasteiger partial charge in [0, 0.05) is 44.1 Å². The van der Waals surface area contributed by atoms with Crippen LogP contribution in [0.3, 0.4) is 0 Å². The van der Waals surface area contributed by atoms with Gasteiger partial charge in [-0.1, -0.05) is 27.7 Å². The second kappa shape index (κ2) is 5.45. The van der Waals surface area contributed by atoms with Gasteiger partial charge in [0.05, 0.1) is 6.10 Å². The van der Waals surface area contributed by atoms with Crippen LogP contribution in [0.5, 0.6) is 0 Å². The fourth-order valence-electron chi connectivity index (χ4n) is 4.89. The average molecular weight is 293 g/mol. The van der Waals surface area contributed by atoms with Crippen LogP contribution in [0.15, 0.2) is 4.99 Å². The molecule has 0 aromatic heterocycles. The highest BCUT2D eigenvalue weighted by Gasteiger charge is 2.59. The van der Waals surface area contributed by atoms with E-state index >= 15 is 0 Å². The number of hydrogen-bond acceptors (Lipinski definition) is 2. The summed E-state index contributed by atoms with van der Waals surface area (Å²) in [5.41, 5.74) is 0.212. The molecule has 0 radical (unpaired) electrons. The smallest absolute Gasteiger partial charge is 0.193 e. The number of fused-ring (bicyclic) bond motifs is 1. The van der Waals surface area contributed by atoms with Crippen molar-refractivity contribution in [1.82, 2.24) is 10.2 Å². The predicted octanol–water partition coefficient (Wildman–Crippen LogP) is 2.35. The highest BCUT2D eigenvalue weighted by molar-refractivity contribution is 5.80. The van der Waals surface area contributed by atoms with Crippen LogP contribution in [0.2, 0.25) is 0 Å². The molecule has 3 aliphatic rings. The molecule has 0 spiro atoms. The molecule has 2 saturated heterocycles. The fourth-order valence-corrected chi connectivity index (χ4v) is 4.89. The number of ether oxygens (including phenoxy) is 1. The van der Waals surface area contributed by atoms with Crippen molar-refractivity contribution < 1.29 is 4.74 Å². The van der Waals surface area contributed by atoms with E-state index in [4.69, 9.17) is 4.74 Å². The maximum absolute atomic E-state index is 5.90. The number of nitrogens with one attached hydrogen (secondary N) is 1. The summed E-state index contributed by atoms with van der Waals surface area (Å²) in [5.74, 6) is 3.27. The second-order valence-corrected chi connectivity index (χ2v) is 8.09. The van der Waals surface area contributed by atoms with Gasteiger partial charge in [-0.2, -0.15) is 0 Å². The molecule has 2 aliphatic heterocycles. The van der Waals surface area contributed by atoms with Crippen LogP contribution in [-0.4, -0.2) is 49.7 Å². The summed E-state index contributed by atoms with van der Waals surface area (Å²) in [6, 6.07) is 0.497. The quantitative estimate of drug-likeness (QED) is 0.595. The Morgan fingerprint density at radius 1 is 1.24 bits per heavy atom. The van der Waals surface area contributed by atoms with E-state index in [1.807, 2.05) is 7.05 Å². The first-order chi connectivity index (χ1) is 9.93. The predicted molar refractivity (Wildman–Crippen MR) is 86.4 cm³/mol. The number of likely N-dealkylation sites (tertiary alicyclic amines) is 1. The number of rotatable bonds is 1. The Bertz CT molecular complexity index is 410. The topological polar surface area (TPSA) is 36.9 Å². The van der Waals surface area contributed by atoms with E-state index in [0.717, 1.165) is 37.5 Å². The molecule has 1 saturated carbocycles. The lowest BCUT2D eigenvalue weighted by Gasteiger charge is -2.55. The number of aliphatic imine (C=N–C) groups is 1. The lowest BCUT2D eigenvalue weighted by molar-refractivity contribution is -0.107. The summed E-state index contributed by atoms with van der Waals surface area (Å²) >= 11 is 0. The van der Waals surface area contributed by atoms with Crippen molar-refractivity contribution in [3.8, 4) is 0 Å². The van der Waals surface area contributed by atoms with Crippen molar-refractivity contribution in [3.63, 3.8) is 0 Å². The van der Waals surface area contributed by atoms with E-state index in [2.05, 4.69) is 42.9 Å². The Morgan fingerprint density at radius 2 is 1.90 bits per heavy atom. The van der Waals surface area contributed by atoms with Crippen LogP contribution >= 0.6 is 0 Å². The van der Waals surface area contributed by atoms with Gasteiger partial charge >= 0.3 is 0 Å². The van der Waals surface area contributed by atoms with E-state index < -0.39 is 0 Å². The van der Waals surface area contributed by atoms with Crippen LogP contribution in [0.1, 0.15) is 40.5 Å². The second-order valence-electron chi connectivity index (χ2n) is 8.09. The first-order valence-corrected chi connectivity index (χ1v) is 8.53. The Hall–Kier alpha value is -0.770. The van der Waals surface area contributed by atoms with E-state index in [1.54, 1.807) is 0 Å². The zero-order chi connectivity index (χ0) is 15.2. The molecule has 5 unspecified atom stereocenters. The third-order valence-electron chi connectivity index (χ3n) is 5.77. The van der Waals surface area contributed by atoms with Crippen LogP contribution in [-0.2, 0) is 4.74 Å². The number of guanidine groups is 1. The third kappa shape index (κ3) is 2.56. The average Bonchev–Trinajstić information content (AvgIpc) is 2.85. The highest BCUT2D eigenvalue weighted by Crippen LogP contribution is 2.52. The summed E-state index contributed by atoms with van der Waals surface area (Å²) in [6.45, 7) is 12.5. The Kier molecular flexibility index (Phi) is 3.93. The molecule has 4 heteroatoms. The van der Waals surface area contributed by atoms with Crippen LogP contribution < -0.4 is 5.32 Å². The third-order valence-corrected chi connectivity index (χ3v) is 5.77. The van der Waals surface area contributed by atoms with E-state index in [0.29, 0.717) is 18.1 Å². The monoisotopic (exact) mass is 293 g/mol. The molecule has 0 amide bonds. The zero-order valence-electron chi connectivity index (χ0n) is 14.2. The molecular formula is C17H31N3O. The maximum atomic E-state index is 5.90. The minimum Gasteiger partial charge on any atom is -0.377 e. The van der Waals surface area contributed by atoms with Crippen LogP contribution in [0, 0.1) is 23.2 Å². The van der Waals surface area contributed by atoms with Gasteiger partial charge in [0.25, 0.3) is 0 Å². The molecule has 0 aromatic carbocycles. The molecule has 2 heterocycles. The molecule has 3 fully saturated rings. The van der Waals surface area contributed by atoms with Crippen molar-refractivity contribution in [2.24, 2.45) is 28.2 Å². The normalized spacial score (nSPS) is 42.4. The lowest BCUT2D eigenvalue weighted by atomic mass is 9.57. The summed E-state index contributed by atoms with van der Waals surface area (Å²) < 4.78 is 5.90. The molecule has 21 heavy (non-hydrogen) atoms. The van der Waals surface area contributed by atoms with Crippen molar-refractivity contribution in [2.45, 2.75) is 52.7 Å². The molecule has 3 rings (SSSR count). The van der Waals surface area contributed by atoms with Crippen LogP contribution in [0.25, 0.3) is 0 Å². The fraction of sp³-hybridized carbons (Fsp3) is 0.941. The molecule has 5 atom stereocenters. The van der Waals surface area contributed by atoms with Gasteiger partial charge in [-0.05, 0) is 24.7 Å². The molecule has 120 valence electrons. The Morgan fingerprint density at radius 3 is 2.52 bits per heavy atom. The Balaban J connectivity index is 1.68. The van der Waals surface area contributed by atoms with E-state index in [1.165, 1.54) is 12.8 Å². The van der Waals surface area contributed by atoms with E-state index in [9.17, 15) is 0 Å². The first kappa shape index (κ1) is 15.1. The first-order valence-electron chi connectivity index (χ1n) is 8.53. The van der Waals surface area contributed by atoms with E-state index in [-0.39, 0.29) is 5.41 Å². The summed E-state index contributed by atoms with van der Waals surface area (Å²) in [4.78, 5) is 7.03. The standard InChI is InChI=1S/C17H31N3O/c1-11-8-12(2)10-20(9-11)16(18-5)19-14-13-6-7-21-15(13)17(14,3)4/h11-15H,6-10H2,1-5H3,(H,18,19). The SMILES string of the molecule is CN=C(NC1C2CCOC2C1(C)C)N1CC(C)CC(C)C1. The van der Waals surface area contributed by atoms with Gasteiger partial charge in [0.2, 0.25) is 0 Å². The number of piperidine rings is 1. The van der Waals surface area contributed by atoms with Crippen molar-refractivity contribution in [3.05, 3.63) is 0 Å². The van der Waals surface area contributed by atoms with Gasteiger partial charge in [0.1, 0.15) is 0 Å². The van der Waals surface area contributed by atoms with Crippen LogP contribution in [0.4, 0.5) is 0 Å². The van der Waals surface area contributed by atoms with Gasteiger partial charge in [-0.15, -0.1) is 0 Å². The number of nitrogens with zero attached hydrogens (tertiary/aromatic N) is 2. The van der Waals surface area contributed by atoms with Gasteiger partial charge in [-0.25, -0.2) is 0 Å². The molecule has 0 aromatic rings. The van der Waals surface area contributed by atoms with Crippen molar-refractivity contribution in [2.75, 3.05) is 26.7 Å². The Labute approximate surface area is 129 Å². The summed E-state index contributed by atoms with van der Waals surface area (Å²) in [5, 5.41) is 3.77. The molecule has 1 aliphatic carbocycles. The van der Waals surface area contributed by atoms with Gasteiger partial charge in [-0.3, -0.25) is 4.99 Å². The molecule has 4 nitrogen and oxygen atoms in total. The molecular weight excluding hydrogens is 262 g/mol. The van der Waals surface area contributed by atoms with Crippen molar-refractivity contribution in [1.29, 1.82) is 0 Å². The summed E-state index contributed by atoms with van der Waals surface area (Å²) in [7, 11) is 1.92. The van der Waals surface area contributed by atoms with Gasteiger partial charge in [0.15, 0.2) is 5.96 Å². The zero-order valence-corrected chi connectivity index (χ0v) is 14.2. The minimum atomic E-state index is 0.212. The number of hydrogen-bond donors (Lipinski definition) is 1. The lowest BCUT2D eigenvalue weighted by Crippen LogP contribution is -2.68. The molecule has 0 bridgehead atoms. The highest BCUT2D eigenvalue weighted by atomic mass is 16.5. The minimum absolute atomic E-state index is 0.212. The summed E-state index contributed by atoms with van der Waals surface area (Å²) in [6.07, 6.45) is 2.96. The maximum Gasteiger partial charge on any atom is 0.193 e. The molecule has 1 N–H and O–H groups in total. The largest absolute Gasteiger partial charge is 0.377 e. The van der Waals surface area contributed by atoms with Gasteiger partial charge < -0.3 is 15.0 Å². The van der Waals surface area contributed by atoms with Crippen molar-refractivity contribution >= 4 is 5.96 Å².